The minimum Gasteiger partial charge on any atom is -0.462 e. The molecular weight excluding hydrogens is 228 g/mol. The van der Waals surface area contributed by atoms with E-state index < -0.39 is 5.97 Å². The maximum Gasteiger partial charge on any atom is 0.343 e. The molecule has 0 saturated heterocycles. The largest absolute Gasteiger partial charge is 0.462 e. The van der Waals surface area contributed by atoms with Gasteiger partial charge in [0.05, 0.1) is 11.6 Å². The standard InChI is InChI=1S/C12H11ClO3/c1-2-16-12(15)10(8-14)11(13)9-6-4-3-5-7-9/h3-8H,2H2,1H3/b11-10-. The van der Waals surface area contributed by atoms with Crippen LogP contribution in [-0.2, 0) is 14.3 Å². The number of hydrogen-bond donors (Lipinski definition) is 0. The molecule has 0 aliphatic rings. The van der Waals surface area contributed by atoms with Crippen LogP contribution in [-0.4, -0.2) is 18.9 Å². The highest BCUT2D eigenvalue weighted by Gasteiger charge is 2.15. The highest BCUT2D eigenvalue weighted by atomic mass is 35.5. The third-order valence-corrected chi connectivity index (χ3v) is 2.30. The lowest BCUT2D eigenvalue weighted by atomic mass is 10.1. The summed E-state index contributed by atoms with van der Waals surface area (Å²) in [5.41, 5.74) is 0.453. The van der Waals surface area contributed by atoms with E-state index in [4.69, 9.17) is 16.3 Å². The predicted octanol–water partition coefficient (Wildman–Crippen LogP) is 2.40. The zero-order chi connectivity index (χ0) is 12.0. The summed E-state index contributed by atoms with van der Waals surface area (Å²) in [7, 11) is 0. The van der Waals surface area contributed by atoms with Gasteiger partial charge in [0, 0.05) is 0 Å². The topological polar surface area (TPSA) is 43.4 Å². The van der Waals surface area contributed by atoms with E-state index in [2.05, 4.69) is 0 Å². The Hall–Kier alpha value is -1.61. The quantitative estimate of drug-likeness (QED) is 0.266. The van der Waals surface area contributed by atoms with Crippen LogP contribution in [0.1, 0.15) is 12.5 Å². The molecule has 0 amide bonds. The van der Waals surface area contributed by atoms with E-state index in [1.807, 2.05) is 6.07 Å². The first kappa shape index (κ1) is 12.5. The highest BCUT2D eigenvalue weighted by Crippen LogP contribution is 2.22. The second-order valence-corrected chi connectivity index (χ2v) is 3.31. The Bertz CT molecular complexity index is 410. The molecule has 0 aliphatic carbocycles. The van der Waals surface area contributed by atoms with Gasteiger partial charge >= 0.3 is 5.97 Å². The maximum absolute atomic E-state index is 11.4. The van der Waals surface area contributed by atoms with E-state index in [0.717, 1.165) is 0 Å². The predicted molar refractivity (Wildman–Crippen MR) is 61.9 cm³/mol. The Labute approximate surface area is 98.7 Å². The van der Waals surface area contributed by atoms with Gasteiger partial charge in [0.25, 0.3) is 0 Å². The van der Waals surface area contributed by atoms with Gasteiger partial charge in [0.1, 0.15) is 5.57 Å². The Morgan fingerprint density at radius 2 is 2.00 bits per heavy atom. The minimum absolute atomic E-state index is 0.106. The molecule has 1 rings (SSSR count). The first-order valence-corrected chi connectivity index (χ1v) is 5.16. The van der Waals surface area contributed by atoms with Crippen LogP contribution in [0.2, 0.25) is 0 Å². The number of aldehydes is 1. The van der Waals surface area contributed by atoms with Crippen molar-refractivity contribution in [2.75, 3.05) is 6.61 Å². The van der Waals surface area contributed by atoms with E-state index in [1.165, 1.54) is 0 Å². The summed E-state index contributed by atoms with van der Waals surface area (Å²) in [6.07, 6.45) is 0.410. The lowest BCUT2D eigenvalue weighted by Gasteiger charge is -2.04. The number of carbonyl (C=O) groups is 2. The van der Waals surface area contributed by atoms with Crippen molar-refractivity contribution in [2.45, 2.75) is 6.92 Å². The Morgan fingerprint density at radius 3 is 2.50 bits per heavy atom. The van der Waals surface area contributed by atoms with Crippen molar-refractivity contribution < 1.29 is 14.3 Å². The van der Waals surface area contributed by atoms with Crippen LogP contribution < -0.4 is 0 Å². The first-order valence-electron chi connectivity index (χ1n) is 4.78. The van der Waals surface area contributed by atoms with Gasteiger partial charge in [-0.25, -0.2) is 4.79 Å². The average Bonchev–Trinajstić information content (AvgIpc) is 2.31. The fourth-order valence-electron chi connectivity index (χ4n) is 1.14. The Morgan fingerprint density at radius 1 is 1.38 bits per heavy atom. The van der Waals surface area contributed by atoms with Crippen LogP contribution in [0.5, 0.6) is 0 Å². The smallest absolute Gasteiger partial charge is 0.343 e. The van der Waals surface area contributed by atoms with Gasteiger partial charge in [-0.15, -0.1) is 0 Å². The molecule has 0 aromatic heterocycles. The van der Waals surface area contributed by atoms with Gasteiger partial charge in [-0.2, -0.15) is 0 Å². The van der Waals surface area contributed by atoms with E-state index in [9.17, 15) is 9.59 Å². The maximum atomic E-state index is 11.4. The van der Waals surface area contributed by atoms with Crippen molar-refractivity contribution in [1.29, 1.82) is 0 Å². The monoisotopic (exact) mass is 238 g/mol. The molecule has 0 saturated carbocycles. The summed E-state index contributed by atoms with van der Waals surface area (Å²) < 4.78 is 4.73. The summed E-state index contributed by atoms with van der Waals surface area (Å²) in [5, 5.41) is 0.106. The van der Waals surface area contributed by atoms with E-state index in [1.54, 1.807) is 31.2 Å². The van der Waals surface area contributed by atoms with E-state index >= 15 is 0 Å². The zero-order valence-electron chi connectivity index (χ0n) is 8.77. The van der Waals surface area contributed by atoms with E-state index in [-0.39, 0.29) is 17.2 Å². The van der Waals surface area contributed by atoms with Crippen molar-refractivity contribution >= 4 is 28.9 Å². The SMILES string of the molecule is CCOC(=O)/C(C=O)=C(\Cl)c1ccccc1. The molecule has 84 valence electrons. The second-order valence-electron chi connectivity index (χ2n) is 2.93. The van der Waals surface area contributed by atoms with Crippen molar-refractivity contribution in [1.82, 2.24) is 0 Å². The average molecular weight is 239 g/mol. The summed E-state index contributed by atoms with van der Waals surface area (Å²) in [5.74, 6) is -0.702. The third kappa shape index (κ3) is 2.94. The molecule has 4 heteroatoms. The molecule has 3 nitrogen and oxygen atoms in total. The van der Waals surface area contributed by atoms with Crippen molar-refractivity contribution in [3.05, 3.63) is 41.5 Å². The third-order valence-electron chi connectivity index (χ3n) is 1.88. The van der Waals surface area contributed by atoms with Gasteiger partial charge in [0.15, 0.2) is 6.29 Å². The van der Waals surface area contributed by atoms with Crippen LogP contribution in [0, 0.1) is 0 Å². The zero-order valence-corrected chi connectivity index (χ0v) is 9.53. The molecule has 1 aromatic rings. The molecule has 16 heavy (non-hydrogen) atoms. The molecule has 0 unspecified atom stereocenters. The molecule has 0 N–H and O–H groups in total. The van der Waals surface area contributed by atoms with Crippen molar-refractivity contribution in [2.24, 2.45) is 0 Å². The molecule has 0 bridgehead atoms. The number of esters is 1. The van der Waals surface area contributed by atoms with Gasteiger partial charge in [0.2, 0.25) is 0 Å². The van der Waals surface area contributed by atoms with Gasteiger partial charge in [-0.05, 0) is 12.5 Å². The van der Waals surface area contributed by atoms with E-state index in [0.29, 0.717) is 11.8 Å². The normalized spacial score (nSPS) is 11.6. The van der Waals surface area contributed by atoms with Crippen LogP contribution in [0.3, 0.4) is 0 Å². The number of carbonyl (C=O) groups excluding carboxylic acids is 2. The Balaban J connectivity index is 3.09. The van der Waals surface area contributed by atoms with Crippen molar-refractivity contribution in [3.63, 3.8) is 0 Å². The number of ether oxygens (including phenoxy) is 1. The van der Waals surface area contributed by atoms with Crippen LogP contribution in [0.4, 0.5) is 0 Å². The summed E-state index contributed by atoms with van der Waals surface area (Å²) >= 11 is 5.95. The first-order chi connectivity index (χ1) is 7.70. The fourth-order valence-corrected chi connectivity index (χ4v) is 1.39. The lowest BCUT2D eigenvalue weighted by Crippen LogP contribution is -2.09. The molecule has 0 heterocycles. The summed E-state index contributed by atoms with van der Waals surface area (Å²) in [4.78, 5) is 22.2. The van der Waals surface area contributed by atoms with Gasteiger partial charge in [-0.1, -0.05) is 41.9 Å². The highest BCUT2D eigenvalue weighted by molar-refractivity contribution is 6.52. The molecular formula is C12H11ClO3. The Kier molecular flexibility index (Phi) is 4.73. The number of rotatable bonds is 4. The lowest BCUT2D eigenvalue weighted by molar-refractivity contribution is -0.139. The van der Waals surface area contributed by atoms with Crippen molar-refractivity contribution in [3.8, 4) is 0 Å². The van der Waals surface area contributed by atoms with Gasteiger partial charge < -0.3 is 4.74 Å². The fraction of sp³-hybridized carbons (Fsp3) is 0.167. The molecule has 1 aromatic carbocycles. The summed E-state index contributed by atoms with van der Waals surface area (Å²) in [6.45, 7) is 1.87. The van der Waals surface area contributed by atoms with Crippen LogP contribution >= 0.6 is 11.6 Å². The number of benzene rings is 1. The van der Waals surface area contributed by atoms with Crippen LogP contribution in [0.25, 0.3) is 5.03 Å². The summed E-state index contributed by atoms with van der Waals surface area (Å²) in [6, 6.07) is 8.78. The number of hydrogen-bond acceptors (Lipinski definition) is 3. The molecule has 0 radical (unpaired) electrons. The molecule has 0 fully saturated rings. The molecule has 0 aliphatic heterocycles. The molecule has 0 atom stereocenters. The minimum atomic E-state index is -0.702. The van der Waals surface area contributed by atoms with Crippen LogP contribution in [0.15, 0.2) is 35.9 Å². The van der Waals surface area contributed by atoms with Gasteiger partial charge in [-0.3, -0.25) is 4.79 Å². The second kappa shape index (κ2) is 6.08. The molecule has 0 spiro atoms. The number of halogens is 1.